The maximum atomic E-state index is 13.9. The molecule has 0 saturated carbocycles. The van der Waals surface area contributed by atoms with Gasteiger partial charge in [-0.1, -0.05) is 13.0 Å². The Morgan fingerprint density at radius 3 is 2.67 bits per heavy atom. The number of hydrogen-bond donors (Lipinski definition) is 2. The highest BCUT2D eigenvalue weighted by Gasteiger charge is 2.42. The first kappa shape index (κ1) is 15.4. The van der Waals surface area contributed by atoms with Crippen molar-refractivity contribution in [3.63, 3.8) is 0 Å². The van der Waals surface area contributed by atoms with Crippen LogP contribution in [-0.4, -0.2) is 37.1 Å². The van der Waals surface area contributed by atoms with Gasteiger partial charge in [0.05, 0.1) is 12.2 Å². The standard InChI is InChI=1S/C12H14FN3O4S/c1-2-9-12(18)15-10(17)6-16(9)21(19,20)11-7(13)4-3-5-8(11)14/h3-5,9H,2,6,14H2,1H3,(H,15,17,18). The van der Waals surface area contributed by atoms with Gasteiger partial charge in [-0.25, -0.2) is 12.8 Å². The minimum atomic E-state index is -4.40. The quantitative estimate of drug-likeness (QED) is 0.594. The fourth-order valence-electron chi connectivity index (χ4n) is 2.20. The van der Waals surface area contributed by atoms with Gasteiger partial charge < -0.3 is 5.73 Å². The van der Waals surface area contributed by atoms with Crippen LogP contribution in [0.15, 0.2) is 23.1 Å². The summed E-state index contributed by atoms with van der Waals surface area (Å²) >= 11 is 0. The number of nitrogens with zero attached hydrogens (tertiary/aromatic N) is 1. The first-order chi connectivity index (χ1) is 9.78. The number of hydrogen-bond acceptors (Lipinski definition) is 5. The summed E-state index contributed by atoms with van der Waals surface area (Å²) in [5.74, 6) is -2.52. The molecule has 21 heavy (non-hydrogen) atoms. The van der Waals surface area contributed by atoms with Gasteiger partial charge >= 0.3 is 0 Å². The molecule has 2 amide bonds. The number of nitrogen functional groups attached to an aromatic ring is 1. The van der Waals surface area contributed by atoms with E-state index >= 15 is 0 Å². The number of imide groups is 1. The lowest BCUT2D eigenvalue weighted by atomic mass is 10.2. The highest BCUT2D eigenvalue weighted by Crippen LogP contribution is 2.28. The number of sulfonamides is 1. The molecular formula is C12H14FN3O4S. The van der Waals surface area contributed by atoms with Gasteiger partial charge in [-0.05, 0) is 18.6 Å². The fraction of sp³-hybridized carbons (Fsp3) is 0.333. The Bertz CT molecular complexity index is 684. The molecule has 1 heterocycles. The summed E-state index contributed by atoms with van der Waals surface area (Å²) < 4.78 is 39.7. The molecule has 1 aliphatic heterocycles. The van der Waals surface area contributed by atoms with Crippen molar-refractivity contribution < 1.29 is 22.4 Å². The minimum Gasteiger partial charge on any atom is -0.398 e. The second-order valence-electron chi connectivity index (χ2n) is 4.54. The third-order valence-electron chi connectivity index (χ3n) is 3.16. The molecule has 0 aromatic heterocycles. The van der Waals surface area contributed by atoms with E-state index in [0.717, 1.165) is 6.07 Å². The molecule has 7 nitrogen and oxygen atoms in total. The van der Waals surface area contributed by atoms with Crippen LogP contribution in [0.2, 0.25) is 0 Å². The molecule has 9 heteroatoms. The summed E-state index contributed by atoms with van der Waals surface area (Å²) in [7, 11) is -4.40. The highest BCUT2D eigenvalue weighted by molar-refractivity contribution is 7.89. The van der Waals surface area contributed by atoms with Crippen molar-refractivity contribution in [1.29, 1.82) is 0 Å². The average Bonchev–Trinajstić information content (AvgIpc) is 2.37. The molecule has 1 aromatic rings. The Balaban J connectivity index is 2.56. The van der Waals surface area contributed by atoms with Gasteiger partial charge in [-0.3, -0.25) is 14.9 Å². The van der Waals surface area contributed by atoms with Crippen molar-refractivity contribution in [2.75, 3.05) is 12.3 Å². The maximum Gasteiger partial charge on any atom is 0.249 e. The number of carbonyl (C=O) groups is 2. The molecule has 1 saturated heterocycles. The second kappa shape index (κ2) is 5.41. The van der Waals surface area contributed by atoms with Crippen LogP contribution in [0.3, 0.4) is 0 Å². The number of halogens is 1. The lowest BCUT2D eigenvalue weighted by Crippen LogP contribution is -2.59. The minimum absolute atomic E-state index is 0.146. The molecule has 1 aliphatic rings. The number of amides is 2. The van der Waals surface area contributed by atoms with Crippen molar-refractivity contribution in [3.8, 4) is 0 Å². The summed E-state index contributed by atoms with van der Waals surface area (Å²) in [5, 5.41) is 2.05. The summed E-state index contributed by atoms with van der Waals surface area (Å²) in [6.07, 6.45) is 0.146. The first-order valence-electron chi connectivity index (χ1n) is 6.18. The number of benzene rings is 1. The Kier molecular flexibility index (Phi) is 3.97. The number of anilines is 1. The zero-order valence-electron chi connectivity index (χ0n) is 11.2. The van der Waals surface area contributed by atoms with Gasteiger partial charge in [-0.15, -0.1) is 0 Å². The van der Waals surface area contributed by atoms with Crippen molar-refractivity contribution in [3.05, 3.63) is 24.0 Å². The SMILES string of the molecule is CCC1C(=O)NC(=O)CN1S(=O)(=O)c1c(N)cccc1F. The molecule has 1 unspecified atom stereocenters. The van der Waals surface area contributed by atoms with Crippen LogP contribution >= 0.6 is 0 Å². The van der Waals surface area contributed by atoms with E-state index in [2.05, 4.69) is 5.32 Å². The largest absolute Gasteiger partial charge is 0.398 e. The third-order valence-corrected chi connectivity index (χ3v) is 5.11. The predicted octanol–water partition coefficient (Wildman–Crippen LogP) is -0.166. The third kappa shape index (κ3) is 2.61. The van der Waals surface area contributed by atoms with Gasteiger partial charge in [-0.2, -0.15) is 4.31 Å². The topological polar surface area (TPSA) is 110 Å². The van der Waals surface area contributed by atoms with Crippen LogP contribution in [-0.2, 0) is 19.6 Å². The predicted molar refractivity (Wildman–Crippen MR) is 71.9 cm³/mol. The summed E-state index contributed by atoms with van der Waals surface area (Å²) in [5.41, 5.74) is 5.26. The van der Waals surface area contributed by atoms with Crippen molar-refractivity contribution in [2.24, 2.45) is 0 Å². The van der Waals surface area contributed by atoms with E-state index in [-0.39, 0.29) is 12.1 Å². The molecule has 0 aliphatic carbocycles. The Hall–Kier alpha value is -2.00. The van der Waals surface area contributed by atoms with E-state index in [0.29, 0.717) is 4.31 Å². The van der Waals surface area contributed by atoms with Crippen LogP contribution in [0, 0.1) is 5.82 Å². The van der Waals surface area contributed by atoms with Crippen molar-refractivity contribution >= 4 is 27.5 Å². The molecule has 1 atom stereocenters. The normalized spacial score (nSPS) is 20.4. The average molecular weight is 315 g/mol. The highest BCUT2D eigenvalue weighted by atomic mass is 32.2. The van der Waals surface area contributed by atoms with Gasteiger partial charge in [0, 0.05) is 0 Å². The molecule has 0 radical (unpaired) electrons. The van der Waals surface area contributed by atoms with Crippen LogP contribution < -0.4 is 11.1 Å². The van der Waals surface area contributed by atoms with Crippen LogP contribution in [0.5, 0.6) is 0 Å². The number of nitrogens with two attached hydrogens (primary N) is 1. The van der Waals surface area contributed by atoms with E-state index in [1.807, 2.05) is 0 Å². The molecule has 0 bridgehead atoms. The summed E-state index contributed by atoms with van der Waals surface area (Å²) in [4.78, 5) is 22.4. The van der Waals surface area contributed by atoms with E-state index in [4.69, 9.17) is 5.73 Å². The Morgan fingerprint density at radius 1 is 1.43 bits per heavy atom. The van der Waals surface area contributed by atoms with E-state index in [1.54, 1.807) is 6.92 Å². The monoisotopic (exact) mass is 315 g/mol. The molecule has 2 rings (SSSR count). The van der Waals surface area contributed by atoms with Gasteiger partial charge in [0.1, 0.15) is 16.8 Å². The zero-order valence-corrected chi connectivity index (χ0v) is 12.0. The number of carbonyl (C=O) groups excluding carboxylic acids is 2. The van der Waals surface area contributed by atoms with Crippen LogP contribution in [0.25, 0.3) is 0 Å². The Labute approximate surface area is 121 Å². The molecule has 114 valence electrons. The van der Waals surface area contributed by atoms with E-state index < -0.39 is 45.1 Å². The van der Waals surface area contributed by atoms with Crippen LogP contribution in [0.4, 0.5) is 10.1 Å². The number of rotatable bonds is 3. The van der Waals surface area contributed by atoms with Crippen molar-refractivity contribution in [1.82, 2.24) is 9.62 Å². The maximum absolute atomic E-state index is 13.9. The van der Waals surface area contributed by atoms with Gasteiger partial charge in [0.15, 0.2) is 0 Å². The molecule has 1 fully saturated rings. The van der Waals surface area contributed by atoms with Gasteiger partial charge in [0.2, 0.25) is 21.8 Å². The summed E-state index contributed by atoms with van der Waals surface area (Å²) in [6.45, 7) is 1.04. The lowest BCUT2D eigenvalue weighted by molar-refractivity contribution is -0.137. The molecule has 1 aromatic carbocycles. The first-order valence-corrected chi connectivity index (χ1v) is 7.62. The number of piperazine rings is 1. The van der Waals surface area contributed by atoms with Crippen molar-refractivity contribution in [2.45, 2.75) is 24.3 Å². The Morgan fingerprint density at radius 2 is 2.10 bits per heavy atom. The molecule has 0 spiro atoms. The summed E-state index contributed by atoms with van der Waals surface area (Å²) in [6, 6.07) is 2.39. The molecule has 3 N–H and O–H groups in total. The zero-order chi connectivity index (χ0) is 15.8. The van der Waals surface area contributed by atoms with E-state index in [1.165, 1.54) is 12.1 Å². The number of nitrogens with one attached hydrogen (secondary N) is 1. The smallest absolute Gasteiger partial charge is 0.249 e. The lowest BCUT2D eigenvalue weighted by Gasteiger charge is -2.32. The van der Waals surface area contributed by atoms with E-state index in [9.17, 15) is 22.4 Å². The second-order valence-corrected chi connectivity index (χ2v) is 6.37. The van der Waals surface area contributed by atoms with Crippen LogP contribution in [0.1, 0.15) is 13.3 Å². The fourth-order valence-corrected chi connectivity index (χ4v) is 3.98. The van der Waals surface area contributed by atoms with Gasteiger partial charge in [0.25, 0.3) is 0 Å². The molecular weight excluding hydrogens is 301 g/mol.